The maximum absolute atomic E-state index is 11.8. The van der Waals surface area contributed by atoms with E-state index in [-0.39, 0.29) is 17.1 Å². The van der Waals surface area contributed by atoms with Crippen molar-refractivity contribution >= 4 is 5.78 Å². The van der Waals surface area contributed by atoms with Gasteiger partial charge in [0.1, 0.15) is 5.60 Å². The second kappa shape index (κ2) is 2.54. The second-order valence-corrected chi connectivity index (χ2v) is 5.59. The van der Waals surface area contributed by atoms with Crippen molar-refractivity contribution in [1.82, 2.24) is 0 Å². The first-order chi connectivity index (χ1) is 7.07. The van der Waals surface area contributed by atoms with Crippen molar-refractivity contribution in [2.75, 3.05) is 0 Å². The fourth-order valence-corrected chi connectivity index (χ4v) is 4.66. The number of carbonyl (C=O) groups is 1. The fraction of sp³-hybridized carbons (Fsp3) is 0.769. The number of hydrogen-bond donors (Lipinski definition) is 1. The van der Waals surface area contributed by atoms with E-state index in [0.29, 0.717) is 12.3 Å². The lowest BCUT2D eigenvalue weighted by molar-refractivity contribution is -0.146. The van der Waals surface area contributed by atoms with Crippen molar-refractivity contribution in [2.45, 2.75) is 38.2 Å². The fourth-order valence-electron chi connectivity index (χ4n) is 4.66. The third-order valence-corrected chi connectivity index (χ3v) is 5.52. The Morgan fingerprint density at radius 1 is 1.53 bits per heavy atom. The quantitative estimate of drug-likeness (QED) is 0.666. The van der Waals surface area contributed by atoms with Gasteiger partial charge in [0, 0.05) is 12.3 Å². The third kappa shape index (κ3) is 0.840. The van der Waals surface area contributed by atoms with Crippen LogP contribution in [0.2, 0.25) is 0 Å². The monoisotopic (exact) mass is 206 g/mol. The number of Topliss-reactive ketones (excluding diaryl/α,β-unsaturated/α-hetero) is 1. The average molecular weight is 206 g/mol. The van der Waals surface area contributed by atoms with E-state index in [1.807, 2.05) is 0 Å². The Hall–Kier alpha value is -0.630. The Morgan fingerprint density at radius 2 is 2.27 bits per heavy atom. The zero-order chi connectivity index (χ0) is 10.8. The predicted octanol–water partition coefficient (Wildman–Crippen LogP) is 1.93. The summed E-state index contributed by atoms with van der Waals surface area (Å²) in [6.07, 6.45) is 5.23. The highest BCUT2D eigenvalue weighted by Crippen LogP contribution is 2.76. The summed E-state index contributed by atoms with van der Waals surface area (Å²) < 4.78 is 0. The van der Waals surface area contributed by atoms with Gasteiger partial charge in [0.25, 0.3) is 0 Å². The van der Waals surface area contributed by atoms with E-state index in [1.54, 1.807) is 0 Å². The normalized spacial score (nSPS) is 57.2. The molecule has 3 rings (SSSR count). The van der Waals surface area contributed by atoms with Gasteiger partial charge in [-0.25, -0.2) is 0 Å². The van der Waals surface area contributed by atoms with Crippen LogP contribution in [0.3, 0.4) is 0 Å². The third-order valence-electron chi connectivity index (χ3n) is 5.52. The molecule has 3 aliphatic rings. The molecule has 0 radical (unpaired) electrons. The van der Waals surface area contributed by atoms with Crippen LogP contribution < -0.4 is 0 Å². The summed E-state index contributed by atoms with van der Waals surface area (Å²) in [6, 6.07) is 0. The van der Waals surface area contributed by atoms with E-state index < -0.39 is 5.60 Å². The molecule has 0 aromatic carbocycles. The molecule has 1 N–H and O–H groups in total. The van der Waals surface area contributed by atoms with Crippen LogP contribution in [-0.2, 0) is 4.79 Å². The van der Waals surface area contributed by atoms with Crippen LogP contribution in [-0.4, -0.2) is 16.5 Å². The smallest absolute Gasteiger partial charge is 0.168 e. The molecule has 5 unspecified atom stereocenters. The van der Waals surface area contributed by atoms with Crippen molar-refractivity contribution in [3.63, 3.8) is 0 Å². The van der Waals surface area contributed by atoms with Gasteiger partial charge in [-0.3, -0.25) is 4.79 Å². The van der Waals surface area contributed by atoms with E-state index in [0.717, 1.165) is 18.8 Å². The molecular weight excluding hydrogens is 188 g/mol. The van der Waals surface area contributed by atoms with E-state index >= 15 is 0 Å². The summed E-state index contributed by atoms with van der Waals surface area (Å²) >= 11 is 0. The highest BCUT2D eigenvalue weighted by atomic mass is 16.3. The number of carbonyl (C=O) groups excluding carboxylic acids is 1. The summed E-state index contributed by atoms with van der Waals surface area (Å²) in [7, 11) is 0. The first-order valence-electron chi connectivity index (χ1n) is 5.96. The van der Waals surface area contributed by atoms with Gasteiger partial charge in [0.05, 0.1) is 0 Å². The SMILES string of the molecule is C=CC1(O)C(=O)CCC23C(C)C2CCC13. The Labute approximate surface area is 90.4 Å². The first kappa shape index (κ1) is 9.59. The van der Waals surface area contributed by atoms with Crippen LogP contribution in [0.25, 0.3) is 0 Å². The first-order valence-corrected chi connectivity index (χ1v) is 5.96. The molecule has 0 bridgehead atoms. The molecular formula is C13H18O2. The van der Waals surface area contributed by atoms with Crippen LogP contribution in [0.15, 0.2) is 12.7 Å². The van der Waals surface area contributed by atoms with Gasteiger partial charge in [-0.2, -0.15) is 0 Å². The maximum Gasteiger partial charge on any atom is 0.168 e. The van der Waals surface area contributed by atoms with Gasteiger partial charge in [0.2, 0.25) is 0 Å². The van der Waals surface area contributed by atoms with Gasteiger partial charge in [-0.05, 0) is 36.5 Å². The van der Waals surface area contributed by atoms with E-state index in [2.05, 4.69) is 13.5 Å². The van der Waals surface area contributed by atoms with Gasteiger partial charge in [-0.15, -0.1) is 0 Å². The van der Waals surface area contributed by atoms with Crippen molar-refractivity contribution in [3.8, 4) is 0 Å². The lowest BCUT2D eigenvalue weighted by Gasteiger charge is -2.41. The minimum absolute atomic E-state index is 0.00660. The Kier molecular flexibility index (Phi) is 1.62. The molecule has 3 saturated carbocycles. The molecule has 3 fully saturated rings. The number of ketones is 1. The highest BCUT2D eigenvalue weighted by molar-refractivity contribution is 5.91. The van der Waals surface area contributed by atoms with Crippen molar-refractivity contribution in [1.29, 1.82) is 0 Å². The van der Waals surface area contributed by atoms with E-state index in [9.17, 15) is 9.90 Å². The molecule has 0 aromatic rings. The summed E-state index contributed by atoms with van der Waals surface area (Å²) in [5.74, 6) is 1.62. The van der Waals surface area contributed by atoms with Gasteiger partial charge >= 0.3 is 0 Å². The zero-order valence-corrected chi connectivity index (χ0v) is 9.20. The maximum atomic E-state index is 11.8. The number of hydrogen-bond acceptors (Lipinski definition) is 2. The summed E-state index contributed by atoms with van der Waals surface area (Å²) in [5, 5.41) is 10.5. The number of rotatable bonds is 1. The minimum atomic E-state index is -1.21. The summed E-state index contributed by atoms with van der Waals surface area (Å²) in [5.41, 5.74) is -0.922. The molecule has 0 heterocycles. The molecule has 5 atom stereocenters. The highest BCUT2D eigenvalue weighted by Gasteiger charge is 2.74. The van der Waals surface area contributed by atoms with E-state index in [4.69, 9.17) is 0 Å². The van der Waals surface area contributed by atoms with Gasteiger partial charge in [-0.1, -0.05) is 19.6 Å². The molecule has 0 saturated heterocycles. The Morgan fingerprint density at radius 3 is 2.87 bits per heavy atom. The van der Waals surface area contributed by atoms with Crippen LogP contribution >= 0.6 is 0 Å². The second-order valence-electron chi connectivity index (χ2n) is 5.59. The van der Waals surface area contributed by atoms with Crippen molar-refractivity contribution < 1.29 is 9.90 Å². The molecule has 0 aromatic heterocycles. The largest absolute Gasteiger partial charge is 0.378 e. The Bertz CT molecular complexity index is 348. The molecule has 2 nitrogen and oxygen atoms in total. The number of aliphatic hydroxyl groups is 1. The van der Waals surface area contributed by atoms with E-state index in [1.165, 1.54) is 12.5 Å². The van der Waals surface area contributed by atoms with Crippen LogP contribution in [0, 0.1) is 23.2 Å². The molecule has 1 spiro atoms. The van der Waals surface area contributed by atoms with Crippen LogP contribution in [0.1, 0.15) is 32.6 Å². The van der Waals surface area contributed by atoms with Crippen molar-refractivity contribution in [3.05, 3.63) is 12.7 Å². The molecule has 0 amide bonds. The lowest BCUT2D eigenvalue weighted by Crippen LogP contribution is -2.51. The zero-order valence-electron chi connectivity index (χ0n) is 9.20. The molecule has 3 aliphatic carbocycles. The molecule has 0 aliphatic heterocycles. The van der Waals surface area contributed by atoms with Crippen LogP contribution in [0.5, 0.6) is 0 Å². The molecule has 2 heteroatoms. The Balaban J connectivity index is 2.03. The minimum Gasteiger partial charge on any atom is -0.378 e. The van der Waals surface area contributed by atoms with Crippen LogP contribution in [0.4, 0.5) is 0 Å². The summed E-state index contributed by atoms with van der Waals surface area (Å²) in [4.78, 5) is 11.8. The standard InChI is InChI=1S/C13H18O2/c1-3-13(15)10-5-4-9-8(2)12(9,10)7-6-11(13)14/h3,8-10,15H,1,4-7H2,2H3. The molecule has 82 valence electrons. The summed E-state index contributed by atoms with van der Waals surface area (Å²) in [6.45, 7) is 5.94. The molecule has 15 heavy (non-hydrogen) atoms. The lowest BCUT2D eigenvalue weighted by atomic mass is 9.65. The van der Waals surface area contributed by atoms with Gasteiger partial charge < -0.3 is 5.11 Å². The average Bonchev–Trinajstić information content (AvgIpc) is 2.63. The van der Waals surface area contributed by atoms with Crippen molar-refractivity contribution in [2.24, 2.45) is 23.2 Å². The predicted molar refractivity (Wildman–Crippen MR) is 57.2 cm³/mol. The topological polar surface area (TPSA) is 37.3 Å². The van der Waals surface area contributed by atoms with Gasteiger partial charge in [0.15, 0.2) is 5.78 Å².